The van der Waals surface area contributed by atoms with Gasteiger partial charge in [0, 0.05) is 6.54 Å². The highest BCUT2D eigenvalue weighted by Gasteiger charge is 2.14. The zero-order valence-electron chi connectivity index (χ0n) is 9.58. The average molecular weight is 230 g/mol. The number of hydrogen-bond acceptors (Lipinski definition) is 2. The second-order valence-corrected chi connectivity index (χ2v) is 4.26. The molecule has 0 aliphatic heterocycles. The lowest BCUT2D eigenvalue weighted by molar-refractivity contribution is 0.275. The predicted molar refractivity (Wildman–Crippen MR) is 64.3 cm³/mol. The van der Waals surface area contributed by atoms with Gasteiger partial charge in [0.1, 0.15) is 11.1 Å². The monoisotopic (exact) mass is 229 g/mol. The van der Waals surface area contributed by atoms with Crippen molar-refractivity contribution in [2.45, 2.75) is 32.1 Å². The maximum atomic E-state index is 6.26. The van der Waals surface area contributed by atoms with Gasteiger partial charge >= 0.3 is 0 Å². The van der Waals surface area contributed by atoms with Gasteiger partial charge in [-0.25, -0.2) is 0 Å². The molecular formula is C12H20ClNO. The summed E-state index contributed by atoms with van der Waals surface area (Å²) in [4.78, 5) is 2.36. The zero-order valence-corrected chi connectivity index (χ0v) is 10.3. The van der Waals surface area contributed by atoms with Crippen molar-refractivity contribution in [3.05, 3.63) is 24.2 Å². The van der Waals surface area contributed by atoms with E-state index in [1.165, 1.54) is 12.8 Å². The molecule has 1 aromatic heterocycles. The van der Waals surface area contributed by atoms with Crippen molar-refractivity contribution in [2.24, 2.45) is 0 Å². The molecule has 15 heavy (non-hydrogen) atoms. The number of rotatable bonds is 7. The van der Waals surface area contributed by atoms with Gasteiger partial charge in [0.25, 0.3) is 0 Å². The molecule has 0 aliphatic rings. The van der Waals surface area contributed by atoms with Gasteiger partial charge < -0.3 is 9.32 Å². The molecule has 0 aromatic carbocycles. The van der Waals surface area contributed by atoms with Crippen LogP contribution in [0.3, 0.4) is 0 Å². The maximum absolute atomic E-state index is 6.26. The molecule has 0 fully saturated rings. The van der Waals surface area contributed by atoms with E-state index in [0.717, 1.165) is 25.4 Å². The van der Waals surface area contributed by atoms with E-state index in [-0.39, 0.29) is 5.38 Å². The number of unbranched alkanes of at least 4 members (excludes halogenated alkanes) is 1. The van der Waals surface area contributed by atoms with E-state index in [4.69, 9.17) is 16.0 Å². The van der Waals surface area contributed by atoms with Gasteiger partial charge in [-0.1, -0.05) is 20.3 Å². The molecule has 0 saturated heterocycles. The smallest absolute Gasteiger partial charge is 0.122 e. The number of furan rings is 1. The molecule has 0 radical (unpaired) electrons. The first kappa shape index (κ1) is 12.6. The standard InChI is InChI=1S/C12H20ClNO/c1-3-5-8-14(4-2)10-11(13)12-7-6-9-15-12/h6-7,9,11H,3-5,8,10H2,1-2H3. The summed E-state index contributed by atoms with van der Waals surface area (Å²) in [5.41, 5.74) is 0. The minimum Gasteiger partial charge on any atom is -0.468 e. The first-order valence-corrected chi connectivity index (χ1v) is 6.11. The van der Waals surface area contributed by atoms with Gasteiger partial charge in [0.15, 0.2) is 0 Å². The molecule has 86 valence electrons. The zero-order chi connectivity index (χ0) is 11.1. The van der Waals surface area contributed by atoms with Crippen molar-refractivity contribution >= 4 is 11.6 Å². The highest BCUT2D eigenvalue weighted by molar-refractivity contribution is 6.20. The first-order valence-electron chi connectivity index (χ1n) is 5.67. The molecule has 0 saturated carbocycles. The van der Waals surface area contributed by atoms with Gasteiger partial charge in [-0.2, -0.15) is 0 Å². The Kier molecular flexibility index (Phi) is 5.81. The van der Waals surface area contributed by atoms with Crippen LogP contribution in [0.15, 0.2) is 22.8 Å². The third-order valence-electron chi connectivity index (χ3n) is 2.55. The fourth-order valence-electron chi connectivity index (χ4n) is 1.55. The van der Waals surface area contributed by atoms with E-state index >= 15 is 0 Å². The van der Waals surface area contributed by atoms with E-state index in [2.05, 4.69) is 18.7 Å². The summed E-state index contributed by atoms with van der Waals surface area (Å²) in [6.45, 7) is 7.41. The highest BCUT2D eigenvalue weighted by atomic mass is 35.5. The Labute approximate surface area is 97.2 Å². The van der Waals surface area contributed by atoms with Crippen LogP contribution < -0.4 is 0 Å². The second-order valence-electron chi connectivity index (χ2n) is 3.73. The van der Waals surface area contributed by atoms with Crippen LogP contribution in [0.4, 0.5) is 0 Å². The number of halogens is 1. The van der Waals surface area contributed by atoms with Crippen LogP contribution >= 0.6 is 11.6 Å². The Morgan fingerprint density at radius 3 is 2.80 bits per heavy atom. The molecule has 2 nitrogen and oxygen atoms in total. The maximum Gasteiger partial charge on any atom is 0.122 e. The summed E-state index contributed by atoms with van der Waals surface area (Å²) in [6.07, 6.45) is 4.13. The molecule has 1 unspecified atom stereocenters. The summed E-state index contributed by atoms with van der Waals surface area (Å²) in [7, 11) is 0. The number of likely N-dealkylation sites (N-methyl/N-ethyl adjacent to an activating group) is 1. The Hall–Kier alpha value is -0.470. The van der Waals surface area contributed by atoms with Crippen LogP contribution in [0, 0.1) is 0 Å². The van der Waals surface area contributed by atoms with Crippen LogP contribution in [0.1, 0.15) is 37.8 Å². The molecule has 3 heteroatoms. The SMILES string of the molecule is CCCCN(CC)CC(Cl)c1ccco1. The first-order chi connectivity index (χ1) is 7.27. The number of alkyl halides is 1. The Balaban J connectivity index is 2.37. The average Bonchev–Trinajstić information content (AvgIpc) is 2.77. The van der Waals surface area contributed by atoms with E-state index < -0.39 is 0 Å². The summed E-state index contributed by atoms with van der Waals surface area (Å²) < 4.78 is 5.29. The van der Waals surface area contributed by atoms with Crippen molar-refractivity contribution in [1.82, 2.24) is 4.90 Å². The minimum absolute atomic E-state index is 0.0307. The Morgan fingerprint density at radius 1 is 1.47 bits per heavy atom. The fraction of sp³-hybridized carbons (Fsp3) is 0.667. The molecule has 0 aliphatic carbocycles. The van der Waals surface area contributed by atoms with Gasteiger partial charge in [0.2, 0.25) is 0 Å². The number of hydrogen-bond donors (Lipinski definition) is 0. The van der Waals surface area contributed by atoms with Gasteiger partial charge in [-0.3, -0.25) is 0 Å². The van der Waals surface area contributed by atoms with E-state index in [1.807, 2.05) is 12.1 Å². The van der Waals surface area contributed by atoms with E-state index in [0.29, 0.717) is 0 Å². The number of nitrogens with zero attached hydrogens (tertiary/aromatic N) is 1. The predicted octanol–water partition coefficient (Wildman–Crippen LogP) is 3.68. The molecule has 0 amide bonds. The second kappa shape index (κ2) is 6.91. The van der Waals surface area contributed by atoms with Crippen molar-refractivity contribution in [3.63, 3.8) is 0 Å². The van der Waals surface area contributed by atoms with Crippen LogP contribution in [-0.4, -0.2) is 24.5 Å². The third-order valence-corrected chi connectivity index (χ3v) is 2.90. The molecule has 1 aromatic rings. The largest absolute Gasteiger partial charge is 0.468 e. The lowest BCUT2D eigenvalue weighted by Gasteiger charge is -2.21. The van der Waals surface area contributed by atoms with Crippen molar-refractivity contribution in [2.75, 3.05) is 19.6 Å². The topological polar surface area (TPSA) is 16.4 Å². The van der Waals surface area contributed by atoms with Crippen LogP contribution in [0.25, 0.3) is 0 Å². The van der Waals surface area contributed by atoms with Crippen LogP contribution in [-0.2, 0) is 0 Å². The van der Waals surface area contributed by atoms with Gasteiger partial charge in [-0.15, -0.1) is 11.6 Å². The lowest BCUT2D eigenvalue weighted by Crippen LogP contribution is -2.27. The normalized spacial score (nSPS) is 13.3. The van der Waals surface area contributed by atoms with Crippen molar-refractivity contribution in [3.8, 4) is 0 Å². The molecule has 1 heterocycles. The summed E-state index contributed by atoms with van der Waals surface area (Å²) in [6, 6.07) is 3.82. The summed E-state index contributed by atoms with van der Waals surface area (Å²) in [5.74, 6) is 0.867. The molecule has 0 bridgehead atoms. The molecule has 0 spiro atoms. The third kappa shape index (κ3) is 4.27. The molecule has 1 atom stereocenters. The van der Waals surface area contributed by atoms with Crippen molar-refractivity contribution < 1.29 is 4.42 Å². The lowest BCUT2D eigenvalue weighted by atomic mass is 10.2. The Morgan fingerprint density at radius 2 is 2.27 bits per heavy atom. The van der Waals surface area contributed by atoms with Gasteiger partial charge in [-0.05, 0) is 31.6 Å². The molecular weight excluding hydrogens is 210 g/mol. The van der Waals surface area contributed by atoms with Gasteiger partial charge in [0.05, 0.1) is 6.26 Å². The molecule has 0 N–H and O–H groups in total. The Bertz CT molecular complexity index is 248. The highest BCUT2D eigenvalue weighted by Crippen LogP contribution is 2.21. The summed E-state index contributed by atoms with van der Waals surface area (Å²) in [5, 5.41) is -0.0307. The van der Waals surface area contributed by atoms with E-state index in [1.54, 1.807) is 6.26 Å². The molecule has 1 rings (SSSR count). The van der Waals surface area contributed by atoms with Crippen LogP contribution in [0.5, 0.6) is 0 Å². The van der Waals surface area contributed by atoms with Crippen molar-refractivity contribution in [1.29, 1.82) is 0 Å². The summed E-state index contributed by atoms with van der Waals surface area (Å²) >= 11 is 6.26. The van der Waals surface area contributed by atoms with Crippen LogP contribution in [0.2, 0.25) is 0 Å². The minimum atomic E-state index is -0.0307. The fourth-order valence-corrected chi connectivity index (χ4v) is 1.87. The quantitative estimate of drug-likeness (QED) is 0.664. The van der Waals surface area contributed by atoms with E-state index in [9.17, 15) is 0 Å².